The number of nitrogens with one attached hydrogen (secondary N) is 2. The fourth-order valence-electron chi connectivity index (χ4n) is 1.77. The quantitative estimate of drug-likeness (QED) is 0.645. The van der Waals surface area contributed by atoms with E-state index in [1.807, 2.05) is 0 Å². The highest BCUT2D eigenvalue weighted by Gasteiger charge is 2.30. The number of hydrogen-bond acceptors (Lipinski definition) is 5. The Morgan fingerprint density at radius 2 is 2.05 bits per heavy atom. The normalized spacial score (nSPS) is 14.4. The summed E-state index contributed by atoms with van der Waals surface area (Å²) in [5, 5.41) is 10.7. The van der Waals surface area contributed by atoms with Gasteiger partial charge >= 0.3 is 5.97 Å². The van der Waals surface area contributed by atoms with Crippen LogP contribution < -0.4 is 14.8 Å². The third-order valence-corrected chi connectivity index (χ3v) is 4.56. The van der Waals surface area contributed by atoms with Crippen molar-refractivity contribution in [3.8, 4) is 5.75 Å². The van der Waals surface area contributed by atoms with Gasteiger partial charge in [-0.25, -0.2) is 13.1 Å². The van der Waals surface area contributed by atoms with Gasteiger partial charge in [-0.05, 0) is 31.0 Å². The van der Waals surface area contributed by atoms with Crippen molar-refractivity contribution in [2.75, 3.05) is 13.7 Å². The second kappa shape index (κ2) is 6.32. The number of ether oxygens (including phenoxy) is 1. The van der Waals surface area contributed by atoms with E-state index in [1.165, 1.54) is 25.3 Å². The summed E-state index contributed by atoms with van der Waals surface area (Å²) in [5.41, 5.74) is 0.0400. The van der Waals surface area contributed by atoms with Crippen LogP contribution in [0.5, 0.6) is 5.75 Å². The maximum atomic E-state index is 12.3. The first-order valence-electron chi connectivity index (χ1n) is 6.54. The van der Waals surface area contributed by atoms with Gasteiger partial charge in [-0.2, -0.15) is 0 Å². The fourth-order valence-corrected chi connectivity index (χ4v) is 3.27. The molecule has 1 fully saturated rings. The SMILES string of the molecule is COc1ccc(C(=O)NCC(=O)O)cc1S(=O)(=O)NC1CC1. The molecule has 3 N–H and O–H groups in total. The molecular weight excluding hydrogens is 312 g/mol. The Kier molecular flexibility index (Phi) is 4.67. The van der Waals surface area contributed by atoms with Crippen LogP contribution >= 0.6 is 0 Å². The predicted octanol–water partition coefficient (Wildman–Crippen LogP) is -0.0497. The molecule has 1 saturated carbocycles. The number of benzene rings is 1. The number of methoxy groups -OCH3 is 1. The molecule has 9 heteroatoms. The summed E-state index contributed by atoms with van der Waals surface area (Å²) in [6, 6.07) is 3.81. The van der Waals surface area contributed by atoms with Gasteiger partial charge in [0.05, 0.1) is 7.11 Å². The van der Waals surface area contributed by atoms with Gasteiger partial charge in [0.25, 0.3) is 5.91 Å². The molecule has 0 bridgehead atoms. The predicted molar refractivity (Wildman–Crippen MR) is 76.3 cm³/mol. The van der Waals surface area contributed by atoms with Crippen LogP contribution in [0, 0.1) is 0 Å². The number of hydrogen-bond donors (Lipinski definition) is 3. The van der Waals surface area contributed by atoms with E-state index in [4.69, 9.17) is 9.84 Å². The van der Waals surface area contributed by atoms with Crippen LogP contribution in [0.25, 0.3) is 0 Å². The summed E-state index contributed by atoms with van der Waals surface area (Å²) < 4.78 is 32.1. The Morgan fingerprint density at radius 1 is 1.36 bits per heavy atom. The fraction of sp³-hybridized carbons (Fsp3) is 0.385. The molecule has 1 aliphatic rings. The Bertz CT molecular complexity index is 696. The summed E-state index contributed by atoms with van der Waals surface area (Å²) >= 11 is 0. The summed E-state index contributed by atoms with van der Waals surface area (Å²) in [6.45, 7) is -0.548. The van der Waals surface area contributed by atoms with Gasteiger partial charge in [-0.3, -0.25) is 9.59 Å². The molecule has 1 aromatic rings. The van der Waals surface area contributed by atoms with Gasteiger partial charge in [0.15, 0.2) is 0 Å². The average Bonchev–Trinajstić information content (AvgIpc) is 3.27. The summed E-state index contributed by atoms with van der Waals surface area (Å²) in [7, 11) is -2.47. The van der Waals surface area contributed by atoms with Crippen molar-refractivity contribution in [3.63, 3.8) is 0 Å². The van der Waals surface area contributed by atoms with Crippen molar-refractivity contribution < 1.29 is 27.9 Å². The molecule has 0 heterocycles. The molecule has 1 amide bonds. The van der Waals surface area contributed by atoms with E-state index in [-0.39, 0.29) is 22.3 Å². The molecule has 1 aromatic carbocycles. The molecule has 0 aromatic heterocycles. The first kappa shape index (κ1) is 16.2. The summed E-state index contributed by atoms with van der Waals surface area (Å²) in [4.78, 5) is 22.1. The Morgan fingerprint density at radius 3 is 2.59 bits per heavy atom. The van der Waals surface area contributed by atoms with Crippen molar-refractivity contribution in [1.29, 1.82) is 0 Å². The van der Waals surface area contributed by atoms with E-state index >= 15 is 0 Å². The van der Waals surface area contributed by atoms with Crippen molar-refractivity contribution >= 4 is 21.9 Å². The first-order valence-corrected chi connectivity index (χ1v) is 8.02. The molecule has 0 spiro atoms. The van der Waals surface area contributed by atoms with E-state index in [0.29, 0.717) is 0 Å². The lowest BCUT2D eigenvalue weighted by molar-refractivity contribution is -0.135. The van der Waals surface area contributed by atoms with Crippen LogP contribution in [0.15, 0.2) is 23.1 Å². The lowest BCUT2D eigenvalue weighted by Crippen LogP contribution is -2.30. The van der Waals surface area contributed by atoms with E-state index in [1.54, 1.807) is 0 Å². The van der Waals surface area contributed by atoms with Gasteiger partial charge in [0, 0.05) is 11.6 Å². The minimum atomic E-state index is -3.80. The highest BCUT2D eigenvalue weighted by Crippen LogP contribution is 2.28. The Hall–Kier alpha value is -2.13. The molecule has 0 unspecified atom stereocenters. The first-order chi connectivity index (χ1) is 10.3. The molecule has 0 saturated heterocycles. The zero-order valence-electron chi connectivity index (χ0n) is 11.8. The molecule has 8 nitrogen and oxygen atoms in total. The summed E-state index contributed by atoms with van der Waals surface area (Å²) in [6.07, 6.45) is 1.56. The average molecular weight is 328 g/mol. The van der Waals surface area contributed by atoms with Gasteiger partial charge < -0.3 is 15.2 Å². The van der Waals surface area contributed by atoms with Crippen LogP contribution in [0.1, 0.15) is 23.2 Å². The van der Waals surface area contributed by atoms with Gasteiger partial charge in [-0.15, -0.1) is 0 Å². The lowest BCUT2D eigenvalue weighted by Gasteiger charge is -2.12. The van der Waals surface area contributed by atoms with Crippen molar-refractivity contribution in [1.82, 2.24) is 10.0 Å². The monoisotopic (exact) mass is 328 g/mol. The van der Waals surface area contributed by atoms with Crippen molar-refractivity contribution in [3.05, 3.63) is 23.8 Å². The van der Waals surface area contributed by atoms with E-state index in [0.717, 1.165) is 12.8 Å². The van der Waals surface area contributed by atoms with Crippen molar-refractivity contribution in [2.45, 2.75) is 23.8 Å². The molecule has 120 valence electrons. The maximum Gasteiger partial charge on any atom is 0.322 e. The maximum absolute atomic E-state index is 12.3. The Balaban J connectivity index is 2.29. The number of aliphatic carboxylic acids is 1. The van der Waals surface area contributed by atoms with Crippen LogP contribution in [-0.4, -0.2) is 45.1 Å². The van der Waals surface area contributed by atoms with Gasteiger partial charge in [0.2, 0.25) is 10.0 Å². The number of carbonyl (C=O) groups is 2. The second-order valence-corrected chi connectivity index (χ2v) is 6.52. The topological polar surface area (TPSA) is 122 Å². The van der Waals surface area contributed by atoms with Crippen LogP contribution in [-0.2, 0) is 14.8 Å². The largest absolute Gasteiger partial charge is 0.495 e. The molecule has 0 atom stereocenters. The standard InChI is InChI=1S/C13H16N2O6S/c1-21-10-5-2-8(13(18)14-7-12(16)17)6-11(10)22(19,20)15-9-3-4-9/h2,5-6,9,15H,3-4,7H2,1H3,(H,14,18)(H,16,17). The highest BCUT2D eigenvalue weighted by molar-refractivity contribution is 7.89. The number of sulfonamides is 1. The van der Waals surface area contributed by atoms with E-state index in [9.17, 15) is 18.0 Å². The minimum Gasteiger partial charge on any atom is -0.495 e. The zero-order chi connectivity index (χ0) is 16.3. The zero-order valence-corrected chi connectivity index (χ0v) is 12.6. The third kappa shape index (κ3) is 3.95. The lowest BCUT2D eigenvalue weighted by atomic mass is 10.2. The van der Waals surface area contributed by atoms with Crippen molar-refractivity contribution in [2.24, 2.45) is 0 Å². The van der Waals surface area contributed by atoms with Gasteiger partial charge in [0.1, 0.15) is 17.2 Å². The summed E-state index contributed by atoms with van der Waals surface area (Å²) in [5.74, 6) is -1.75. The molecular formula is C13H16N2O6S. The Labute approximate surface area is 127 Å². The van der Waals surface area contributed by atoms with Gasteiger partial charge in [-0.1, -0.05) is 0 Å². The second-order valence-electron chi connectivity index (χ2n) is 4.84. The molecule has 22 heavy (non-hydrogen) atoms. The molecule has 2 rings (SSSR count). The minimum absolute atomic E-state index is 0.0400. The van der Waals surface area contributed by atoms with Crippen LogP contribution in [0.3, 0.4) is 0 Å². The number of carboxylic acids is 1. The van der Waals surface area contributed by atoms with E-state index in [2.05, 4.69) is 10.0 Å². The molecule has 1 aliphatic carbocycles. The third-order valence-electron chi connectivity index (χ3n) is 3.01. The van der Waals surface area contributed by atoms with E-state index < -0.39 is 28.4 Å². The number of carboxylic acid groups (broad SMARTS) is 1. The smallest absolute Gasteiger partial charge is 0.322 e. The van der Waals surface area contributed by atoms with Crippen LogP contribution in [0.4, 0.5) is 0 Å². The molecule has 0 aliphatic heterocycles. The highest BCUT2D eigenvalue weighted by atomic mass is 32.2. The number of rotatable bonds is 7. The molecule has 0 radical (unpaired) electrons. The number of carbonyl (C=O) groups excluding carboxylic acids is 1. The number of amides is 1. The van der Waals surface area contributed by atoms with Crippen LogP contribution in [0.2, 0.25) is 0 Å².